The highest BCUT2D eigenvalue weighted by Gasteiger charge is 2.30. The van der Waals surface area contributed by atoms with Crippen molar-refractivity contribution in [2.75, 3.05) is 11.9 Å². The number of aromatic nitrogens is 1. The fraction of sp³-hybridized carbons (Fsp3) is 0.414. The zero-order valence-electron chi connectivity index (χ0n) is 22.1. The fourth-order valence-corrected chi connectivity index (χ4v) is 4.69. The van der Waals surface area contributed by atoms with E-state index in [1.165, 1.54) is 0 Å². The van der Waals surface area contributed by atoms with Crippen LogP contribution in [0.3, 0.4) is 0 Å². The van der Waals surface area contributed by atoms with E-state index in [1.54, 1.807) is 23.6 Å². The molecule has 2 heterocycles. The first-order valence-electron chi connectivity index (χ1n) is 12.4. The molecule has 4 rings (SSSR count). The topological polar surface area (TPSA) is 86.1 Å². The molecule has 1 saturated carbocycles. The van der Waals surface area contributed by atoms with Gasteiger partial charge in [-0.3, -0.25) is 14.5 Å². The number of fused-ring (bicyclic) bond motifs is 1. The van der Waals surface area contributed by atoms with Crippen molar-refractivity contribution in [2.24, 2.45) is 0 Å². The number of hydrogen-bond donors (Lipinski definition) is 1. The smallest absolute Gasteiger partial charge is 0.412 e. The Kier molecular flexibility index (Phi) is 6.69. The summed E-state index contributed by atoms with van der Waals surface area (Å²) < 4.78 is 12.1. The highest BCUT2D eigenvalue weighted by molar-refractivity contribution is 5.91. The summed E-state index contributed by atoms with van der Waals surface area (Å²) in [4.78, 5) is 38.0. The number of carbonyl (C=O) groups excluding carboxylic acids is 2. The van der Waals surface area contributed by atoms with Gasteiger partial charge < -0.3 is 9.47 Å². The molecule has 7 nitrogen and oxygen atoms in total. The standard InChI is InChI=1S/C29H34N2O5/c1-8-35-27(33)23-15-22(19-9-10-19)25-18(4)21(11-12-31(25)26(23)32)20-13-16(2)24(17(3)14-20)30-28(34)36-29(5,6)7/h11-15,19H,8-10H2,1-7H3,(H,30,34). The lowest BCUT2D eigenvalue weighted by Crippen LogP contribution is -2.27. The Morgan fingerprint density at radius 2 is 1.72 bits per heavy atom. The van der Waals surface area contributed by atoms with Crippen LogP contribution in [-0.2, 0) is 9.47 Å². The van der Waals surface area contributed by atoms with Gasteiger partial charge in [-0.25, -0.2) is 9.59 Å². The average molecular weight is 491 g/mol. The number of amides is 1. The first-order chi connectivity index (χ1) is 16.9. The summed E-state index contributed by atoms with van der Waals surface area (Å²) in [7, 11) is 0. The molecular formula is C29H34N2O5. The Balaban J connectivity index is 1.80. The normalized spacial score (nSPS) is 13.5. The third kappa shape index (κ3) is 5.01. The largest absolute Gasteiger partial charge is 0.462 e. The zero-order valence-corrected chi connectivity index (χ0v) is 22.1. The Bertz CT molecular complexity index is 1400. The summed E-state index contributed by atoms with van der Waals surface area (Å²) in [6.45, 7) is 13.3. The van der Waals surface area contributed by atoms with Gasteiger partial charge in [0.1, 0.15) is 11.2 Å². The van der Waals surface area contributed by atoms with E-state index in [-0.39, 0.29) is 17.7 Å². The quantitative estimate of drug-likeness (QED) is 0.425. The van der Waals surface area contributed by atoms with Crippen LogP contribution >= 0.6 is 0 Å². The van der Waals surface area contributed by atoms with Gasteiger partial charge in [-0.1, -0.05) is 0 Å². The number of benzene rings is 1. The second kappa shape index (κ2) is 9.45. The van der Waals surface area contributed by atoms with E-state index in [1.807, 2.05) is 59.7 Å². The number of rotatable bonds is 5. The lowest BCUT2D eigenvalue weighted by Gasteiger charge is -2.21. The molecule has 1 aliphatic carbocycles. The Morgan fingerprint density at radius 1 is 1.08 bits per heavy atom. The zero-order chi connectivity index (χ0) is 26.4. The second-order valence-electron chi connectivity index (χ2n) is 10.5. The number of pyridine rings is 2. The predicted molar refractivity (Wildman–Crippen MR) is 141 cm³/mol. The van der Waals surface area contributed by atoms with Gasteiger partial charge in [0.2, 0.25) is 0 Å². The maximum absolute atomic E-state index is 13.2. The molecule has 1 fully saturated rings. The van der Waals surface area contributed by atoms with Crippen LogP contribution in [0.4, 0.5) is 10.5 Å². The van der Waals surface area contributed by atoms with E-state index in [0.29, 0.717) is 5.92 Å². The van der Waals surface area contributed by atoms with E-state index >= 15 is 0 Å². The number of hydrogen-bond acceptors (Lipinski definition) is 5. The Morgan fingerprint density at radius 3 is 2.28 bits per heavy atom. The van der Waals surface area contributed by atoms with Crippen LogP contribution in [0.15, 0.2) is 35.3 Å². The first-order valence-corrected chi connectivity index (χ1v) is 12.4. The number of esters is 1. The number of aryl methyl sites for hydroxylation is 3. The van der Waals surface area contributed by atoms with Gasteiger partial charge >= 0.3 is 12.1 Å². The lowest BCUT2D eigenvalue weighted by atomic mass is 9.94. The van der Waals surface area contributed by atoms with Crippen molar-refractivity contribution in [3.05, 3.63) is 68.6 Å². The summed E-state index contributed by atoms with van der Waals surface area (Å²) in [5.74, 6) is -0.258. The molecule has 1 N–H and O–H groups in total. The minimum absolute atomic E-state index is 0.0765. The summed E-state index contributed by atoms with van der Waals surface area (Å²) in [6.07, 6.45) is 3.31. The summed E-state index contributed by atoms with van der Waals surface area (Å²) in [5, 5.41) is 2.87. The number of anilines is 1. The Labute approximate surface area is 211 Å². The van der Waals surface area contributed by atoms with E-state index in [2.05, 4.69) is 5.32 Å². The molecule has 0 spiro atoms. The van der Waals surface area contributed by atoms with Crippen molar-refractivity contribution in [1.29, 1.82) is 0 Å². The first kappa shape index (κ1) is 25.5. The van der Waals surface area contributed by atoms with Crippen LogP contribution in [0.2, 0.25) is 0 Å². The van der Waals surface area contributed by atoms with E-state index in [9.17, 15) is 14.4 Å². The fourth-order valence-electron chi connectivity index (χ4n) is 4.69. The Hall–Kier alpha value is -3.61. The molecule has 2 aromatic heterocycles. The molecule has 1 aromatic carbocycles. The minimum atomic E-state index is -0.585. The lowest BCUT2D eigenvalue weighted by molar-refractivity contribution is 0.0523. The molecule has 7 heteroatoms. The molecule has 1 amide bonds. The van der Waals surface area contributed by atoms with Gasteiger partial charge in [0.15, 0.2) is 0 Å². The monoisotopic (exact) mass is 490 g/mol. The summed E-state index contributed by atoms with van der Waals surface area (Å²) in [5.41, 5.74) is 6.48. The number of nitrogens with zero attached hydrogens (tertiary/aromatic N) is 1. The molecule has 0 radical (unpaired) electrons. The number of ether oxygens (including phenoxy) is 2. The SMILES string of the molecule is CCOC(=O)c1cc(C2CC2)c2c(C)c(-c3cc(C)c(NC(=O)OC(C)(C)C)c(C)c3)ccn2c1=O. The van der Waals surface area contributed by atoms with Crippen molar-refractivity contribution in [3.63, 3.8) is 0 Å². The maximum Gasteiger partial charge on any atom is 0.412 e. The van der Waals surface area contributed by atoms with Crippen LogP contribution in [0.5, 0.6) is 0 Å². The molecular weight excluding hydrogens is 456 g/mol. The molecule has 0 saturated heterocycles. The van der Waals surface area contributed by atoms with Crippen molar-refractivity contribution < 1.29 is 19.1 Å². The van der Waals surface area contributed by atoms with Crippen LogP contribution in [-0.4, -0.2) is 28.7 Å². The molecule has 0 atom stereocenters. The van der Waals surface area contributed by atoms with E-state index < -0.39 is 17.7 Å². The predicted octanol–water partition coefficient (Wildman–Crippen LogP) is 6.29. The van der Waals surface area contributed by atoms with E-state index in [4.69, 9.17) is 9.47 Å². The number of carbonyl (C=O) groups is 2. The molecule has 0 aliphatic heterocycles. The van der Waals surface area contributed by atoms with Crippen molar-refractivity contribution in [3.8, 4) is 11.1 Å². The molecule has 0 bridgehead atoms. The maximum atomic E-state index is 13.2. The van der Waals surface area contributed by atoms with Gasteiger partial charge in [0.25, 0.3) is 5.56 Å². The summed E-state index contributed by atoms with van der Waals surface area (Å²) >= 11 is 0. The molecule has 0 unspecified atom stereocenters. The third-order valence-corrected chi connectivity index (χ3v) is 6.40. The van der Waals surface area contributed by atoms with E-state index in [0.717, 1.165) is 57.4 Å². The van der Waals surface area contributed by atoms with Crippen LogP contribution < -0.4 is 10.9 Å². The molecule has 36 heavy (non-hydrogen) atoms. The van der Waals surface area contributed by atoms with Crippen molar-refractivity contribution in [1.82, 2.24) is 4.40 Å². The summed E-state index contributed by atoms with van der Waals surface area (Å²) in [6, 6.07) is 7.69. The minimum Gasteiger partial charge on any atom is -0.462 e. The molecule has 190 valence electrons. The second-order valence-corrected chi connectivity index (χ2v) is 10.5. The molecule has 3 aromatic rings. The van der Waals surface area contributed by atoms with Crippen LogP contribution in [0.1, 0.15) is 79.1 Å². The van der Waals surface area contributed by atoms with Crippen molar-refractivity contribution in [2.45, 2.75) is 72.8 Å². The van der Waals surface area contributed by atoms with Gasteiger partial charge in [-0.2, -0.15) is 0 Å². The molecule has 1 aliphatic rings. The van der Waals surface area contributed by atoms with Crippen LogP contribution in [0, 0.1) is 20.8 Å². The average Bonchev–Trinajstić information content (AvgIpc) is 3.61. The highest BCUT2D eigenvalue weighted by atomic mass is 16.6. The van der Waals surface area contributed by atoms with Crippen LogP contribution in [0.25, 0.3) is 16.6 Å². The van der Waals surface area contributed by atoms with Gasteiger partial charge in [0.05, 0.1) is 12.1 Å². The van der Waals surface area contributed by atoms with Gasteiger partial charge in [0, 0.05) is 11.9 Å². The third-order valence-electron chi connectivity index (χ3n) is 6.40. The van der Waals surface area contributed by atoms with Gasteiger partial charge in [-0.15, -0.1) is 0 Å². The van der Waals surface area contributed by atoms with Crippen molar-refractivity contribution >= 4 is 23.3 Å². The number of nitrogens with one attached hydrogen (secondary N) is 1. The highest BCUT2D eigenvalue weighted by Crippen LogP contribution is 2.43. The van der Waals surface area contributed by atoms with Gasteiger partial charge in [-0.05, 0) is 125 Å².